The third kappa shape index (κ3) is 5.99. The fourth-order valence-corrected chi connectivity index (χ4v) is 2.67. The largest absolute Gasteiger partial charge is 0.457 e. The molecule has 0 aliphatic carbocycles. The molecule has 158 valence electrons. The van der Waals surface area contributed by atoms with Crippen LogP contribution >= 0.6 is 0 Å². The van der Waals surface area contributed by atoms with Crippen LogP contribution in [0.1, 0.15) is 5.56 Å². The number of benzene rings is 1. The molecule has 0 radical (unpaired) electrons. The van der Waals surface area contributed by atoms with E-state index in [0.29, 0.717) is 5.82 Å². The Balaban J connectivity index is 0.000000224. The molecule has 4 N–H and O–H groups in total. The van der Waals surface area contributed by atoms with E-state index < -0.39 is 24.3 Å². The lowest BCUT2D eigenvalue weighted by Crippen LogP contribution is -2.33. The molecule has 0 saturated carbocycles. The number of aliphatic hydroxyl groups excluding tert-OH is 2. The lowest BCUT2D eigenvalue weighted by atomic mass is 10.1. The minimum atomic E-state index is -1.07. The van der Waals surface area contributed by atoms with Crippen molar-refractivity contribution in [1.82, 2.24) is 14.6 Å². The summed E-state index contributed by atoms with van der Waals surface area (Å²) in [6.45, 7) is 0.0555. The number of nitrogens with two attached hydrogens (primary N) is 1. The van der Waals surface area contributed by atoms with Gasteiger partial charge >= 0.3 is 5.97 Å². The standard InChI is InChI=1S/C13H13NO4.C6H6N4.CH4O/c14-7-10-13(16)11(8-17-10)18-12(15)6-9-4-2-1-3-5-9;7-6-5-2-1-3-10(5)9-4-8-6;1-2/h1-5,10-11,13,16H,6,8H2;1-4H,(H2,7,8,9);2H,1H3/t10?,11-,13?;;/m1../s1. The van der Waals surface area contributed by atoms with Gasteiger partial charge in [0.1, 0.15) is 17.9 Å². The molecule has 1 aromatic carbocycles. The highest BCUT2D eigenvalue weighted by molar-refractivity contribution is 5.72. The molecule has 4 rings (SSSR count). The van der Waals surface area contributed by atoms with Gasteiger partial charge in [0, 0.05) is 13.3 Å². The fourth-order valence-electron chi connectivity index (χ4n) is 2.67. The van der Waals surface area contributed by atoms with Gasteiger partial charge in [-0.3, -0.25) is 4.79 Å². The smallest absolute Gasteiger partial charge is 0.310 e. The predicted octanol–water partition coefficient (Wildman–Crippen LogP) is 0.344. The number of nitrogen functional groups attached to an aromatic ring is 1. The number of esters is 1. The maximum absolute atomic E-state index is 11.6. The fraction of sp³-hybridized carbons (Fsp3) is 0.300. The van der Waals surface area contributed by atoms with Crippen molar-refractivity contribution in [3.8, 4) is 6.07 Å². The van der Waals surface area contributed by atoms with E-state index in [2.05, 4.69) is 10.1 Å². The molecule has 2 aromatic heterocycles. The van der Waals surface area contributed by atoms with Crippen LogP contribution < -0.4 is 5.73 Å². The number of ether oxygens (including phenoxy) is 2. The minimum absolute atomic E-state index is 0.0555. The van der Waals surface area contributed by atoms with Crippen molar-refractivity contribution in [3.63, 3.8) is 0 Å². The van der Waals surface area contributed by atoms with Gasteiger partial charge in [0.15, 0.2) is 18.0 Å². The third-order valence-electron chi connectivity index (χ3n) is 4.10. The lowest BCUT2D eigenvalue weighted by molar-refractivity contribution is -0.151. The van der Waals surface area contributed by atoms with Crippen molar-refractivity contribution in [3.05, 3.63) is 60.6 Å². The van der Waals surface area contributed by atoms with E-state index in [1.165, 1.54) is 6.33 Å². The number of nitrogens with zero attached hydrogens (tertiary/aromatic N) is 4. The summed E-state index contributed by atoms with van der Waals surface area (Å²) >= 11 is 0. The molecule has 2 unspecified atom stereocenters. The van der Waals surface area contributed by atoms with Gasteiger partial charge in [-0.05, 0) is 17.7 Å². The summed E-state index contributed by atoms with van der Waals surface area (Å²) < 4.78 is 11.8. The highest BCUT2D eigenvalue weighted by atomic mass is 16.6. The number of rotatable bonds is 3. The van der Waals surface area contributed by atoms with Gasteiger partial charge in [-0.15, -0.1) is 0 Å². The molecule has 10 nitrogen and oxygen atoms in total. The summed E-state index contributed by atoms with van der Waals surface area (Å²) in [4.78, 5) is 15.5. The first kappa shape index (κ1) is 22.8. The van der Waals surface area contributed by atoms with Crippen LogP contribution in [0.25, 0.3) is 5.52 Å². The third-order valence-corrected chi connectivity index (χ3v) is 4.10. The number of aromatic nitrogens is 3. The molecular formula is C20H23N5O5. The Bertz CT molecular complexity index is 972. The first-order valence-corrected chi connectivity index (χ1v) is 8.99. The average Bonchev–Trinajstić information content (AvgIpc) is 3.39. The topological polar surface area (TPSA) is 156 Å². The molecule has 0 bridgehead atoms. The normalized spacial score (nSPS) is 19.6. The van der Waals surface area contributed by atoms with Crippen molar-refractivity contribution in [2.45, 2.75) is 24.7 Å². The Hall–Kier alpha value is -3.52. The minimum Gasteiger partial charge on any atom is -0.457 e. The molecule has 1 aliphatic rings. The number of carbonyl (C=O) groups is 1. The van der Waals surface area contributed by atoms with Crippen molar-refractivity contribution < 1.29 is 24.5 Å². The Labute approximate surface area is 173 Å². The summed E-state index contributed by atoms with van der Waals surface area (Å²) in [5.74, 6) is 0.0763. The average molecular weight is 413 g/mol. The van der Waals surface area contributed by atoms with Crippen LogP contribution in [0.4, 0.5) is 5.82 Å². The predicted molar refractivity (Wildman–Crippen MR) is 107 cm³/mol. The zero-order valence-electron chi connectivity index (χ0n) is 16.3. The maximum Gasteiger partial charge on any atom is 0.310 e. The highest BCUT2D eigenvalue weighted by Crippen LogP contribution is 2.17. The quantitative estimate of drug-likeness (QED) is 0.515. The molecule has 0 spiro atoms. The van der Waals surface area contributed by atoms with Crippen molar-refractivity contribution in [2.24, 2.45) is 0 Å². The summed E-state index contributed by atoms with van der Waals surface area (Å²) in [5.41, 5.74) is 7.22. The molecule has 3 heterocycles. The Kier molecular flexibility index (Phi) is 8.71. The van der Waals surface area contributed by atoms with Crippen LogP contribution in [0.3, 0.4) is 0 Å². The lowest BCUT2D eigenvalue weighted by Gasteiger charge is -2.14. The molecular weight excluding hydrogens is 390 g/mol. The summed E-state index contributed by atoms with van der Waals surface area (Å²) in [6, 6.07) is 14.7. The molecule has 3 atom stereocenters. The highest BCUT2D eigenvalue weighted by Gasteiger charge is 2.38. The van der Waals surface area contributed by atoms with E-state index >= 15 is 0 Å². The Morgan fingerprint density at radius 2 is 2.07 bits per heavy atom. The van der Waals surface area contributed by atoms with E-state index in [9.17, 15) is 9.90 Å². The van der Waals surface area contributed by atoms with E-state index in [-0.39, 0.29) is 13.0 Å². The number of anilines is 1. The molecule has 3 aromatic rings. The number of nitriles is 1. The number of hydrogen-bond donors (Lipinski definition) is 3. The first-order chi connectivity index (χ1) is 14.6. The van der Waals surface area contributed by atoms with Gasteiger partial charge < -0.3 is 25.4 Å². The van der Waals surface area contributed by atoms with E-state index in [0.717, 1.165) is 18.2 Å². The van der Waals surface area contributed by atoms with Crippen molar-refractivity contribution >= 4 is 17.3 Å². The summed E-state index contributed by atoms with van der Waals surface area (Å²) in [7, 11) is 1.00. The summed E-state index contributed by atoms with van der Waals surface area (Å²) in [6.07, 6.45) is 0.650. The molecule has 10 heteroatoms. The molecule has 1 fully saturated rings. The van der Waals surface area contributed by atoms with Gasteiger partial charge in [-0.25, -0.2) is 9.50 Å². The maximum atomic E-state index is 11.6. The second-order valence-electron chi connectivity index (χ2n) is 6.05. The number of aliphatic hydroxyl groups is 2. The van der Waals surface area contributed by atoms with Crippen LogP contribution in [-0.4, -0.2) is 62.8 Å². The number of fused-ring (bicyclic) bond motifs is 1. The zero-order chi connectivity index (χ0) is 21.9. The molecule has 1 aliphatic heterocycles. The monoisotopic (exact) mass is 413 g/mol. The van der Waals surface area contributed by atoms with E-state index in [4.69, 9.17) is 25.6 Å². The van der Waals surface area contributed by atoms with Crippen molar-refractivity contribution in [2.75, 3.05) is 19.5 Å². The Morgan fingerprint density at radius 1 is 1.33 bits per heavy atom. The van der Waals surface area contributed by atoms with Gasteiger partial charge in [-0.1, -0.05) is 30.3 Å². The Morgan fingerprint density at radius 3 is 2.70 bits per heavy atom. The SMILES string of the molecule is CO.N#CC1OC[C@@H](OC(=O)Cc2ccccc2)C1O.Nc1ncnn2cccc12. The zero-order valence-corrected chi connectivity index (χ0v) is 16.3. The van der Waals surface area contributed by atoms with Gasteiger partial charge in [0.2, 0.25) is 0 Å². The summed E-state index contributed by atoms with van der Waals surface area (Å²) in [5, 5.41) is 29.2. The van der Waals surface area contributed by atoms with Crippen LogP contribution in [0.2, 0.25) is 0 Å². The molecule has 0 amide bonds. The second kappa shape index (κ2) is 11.5. The van der Waals surface area contributed by atoms with E-state index in [1.807, 2.05) is 48.7 Å². The molecule has 30 heavy (non-hydrogen) atoms. The van der Waals surface area contributed by atoms with Gasteiger partial charge in [0.25, 0.3) is 0 Å². The van der Waals surface area contributed by atoms with Crippen LogP contribution in [0.5, 0.6) is 0 Å². The van der Waals surface area contributed by atoms with Crippen LogP contribution in [0.15, 0.2) is 55.0 Å². The number of carbonyl (C=O) groups excluding carboxylic acids is 1. The van der Waals surface area contributed by atoms with Crippen molar-refractivity contribution in [1.29, 1.82) is 5.26 Å². The van der Waals surface area contributed by atoms with Crippen LogP contribution in [-0.2, 0) is 20.7 Å². The van der Waals surface area contributed by atoms with E-state index in [1.54, 1.807) is 10.6 Å². The first-order valence-electron chi connectivity index (χ1n) is 8.99. The van der Waals surface area contributed by atoms with Gasteiger partial charge in [0.05, 0.1) is 19.1 Å². The number of hydrogen-bond acceptors (Lipinski definition) is 9. The second-order valence-corrected chi connectivity index (χ2v) is 6.05. The van der Waals surface area contributed by atoms with Gasteiger partial charge in [-0.2, -0.15) is 10.4 Å². The van der Waals surface area contributed by atoms with Crippen LogP contribution in [0, 0.1) is 11.3 Å². The molecule has 1 saturated heterocycles.